The second kappa shape index (κ2) is 5.92. The van der Waals surface area contributed by atoms with Crippen molar-refractivity contribution in [2.45, 2.75) is 18.6 Å². The van der Waals surface area contributed by atoms with Crippen molar-refractivity contribution in [3.05, 3.63) is 32.8 Å². The van der Waals surface area contributed by atoms with Crippen molar-refractivity contribution in [1.29, 1.82) is 0 Å². The summed E-state index contributed by atoms with van der Waals surface area (Å²) < 4.78 is 0.616. The molecular formula is C12H11BrN2O4S. The van der Waals surface area contributed by atoms with E-state index in [9.17, 15) is 19.7 Å². The Morgan fingerprint density at radius 1 is 1.55 bits per heavy atom. The monoisotopic (exact) mass is 358 g/mol. The summed E-state index contributed by atoms with van der Waals surface area (Å²) in [7, 11) is 0. The summed E-state index contributed by atoms with van der Waals surface area (Å²) in [4.78, 5) is 34.9. The highest BCUT2D eigenvalue weighted by Crippen LogP contribution is 2.35. The Morgan fingerprint density at radius 2 is 2.25 bits per heavy atom. The van der Waals surface area contributed by atoms with Crippen molar-refractivity contribution in [1.82, 2.24) is 0 Å². The number of nitro groups is 1. The largest absolute Gasteiger partial charge is 0.310 e. The lowest BCUT2D eigenvalue weighted by Crippen LogP contribution is -2.25. The molecule has 1 saturated heterocycles. The summed E-state index contributed by atoms with van der Waals surface area (Å²) in [5, 5.41) is 10.7. The number of amides is 1. The molecule has 1 aliphatic heterocycles. The van der Waals surface area contributed by atoms with Crippen LogP contribution in [0.3, 0.4) is 0 Å². The van der Waals surface area contributed by atoms with Gasteiger partial charge in [-0.2, -0.15) is 0 Å². The predicted molar refractivity (Wildman–Crippen MR) is 79.8 cm³/mol. The molecule has 0 spiro atoms. The van der Waals surface area contributed by atoms with Gasteiger partial charge in [-0.1, -0.05) is 11.8 Å². The van der Waals surface area contributed by atoms with E-state index >= 15 is 0 Å². The van der Waals surface area contributed by atoms with Crippen LogP contribution >= 0.6 is 27.7 Å². The molecule has 1 unspecified atom stereocenters. The molecule has 0 radical (unpaired) electrons. The van der Waals surface area contributed by atoms with E-state index in [1.165, 1.54) is 24.0 Å². The van der Waals surface area contributed by atoms with Crippen molar-refractivity contribution in [2.75, 3.05) is 11.4 Å². The second-order valence-electron chi connectivity index (χ2n) is 4.33. The Bertz CT molecular complexity index is 593. The van der Waals surface area contributed by atoms with Crippen LogP contribution < -0.4 is 4.90 Å². The number of hydrogen-bond donors (Lipinski definition) is 0. The smallest absolute Gasteiger partial charge is 0.271 e. The third-order valence-electron chi connectivity index (χ3n) is 2.85. The quantitative estimate of drug-likeness (QED) is 0.612. The van der Waals surface area contributed by atoms with Gasteiger partial charge in [-0.15, -0.1) is 0 Å². The van der Waals surface area contributed by atoms with Crippen LogP contribution in [0.5, 0.6) is 0 Å². The predicted octanol–water partition coefficient (Wildman–Crippen LogP) is 2.74. The van der Waals surface area contributed by atoms with Gasteiger partial charge in [0.15, 0.2) is 5.12 Å². The maximum atomic E-state index is 12.0. The molecule has 8 heteroatoms. The van der Waals surface area contributed by atoms with E-state index in [0.717, 1.165) is 11.8 Å². The molecule has 0 N–H and O–H groups in total. The Morgan fingerprint density at radius 3 is 2.85 bits per heavy atom. The molecule has 0 aliphatic carbocycles. The third kappa shape index (κ3) is 3.18. The Kier molecular flexibility index (Phi) is 4.44. The van der Waals surface area contributed by atoms with Gasteiger partial charge >= 0.3 is 0 Å². The number of halogens is 1. The van der Waals surface area contributed by atoms with Crippen LogP contribution in [0.15, 0.2) is 22.7 Å². The fourth-order valence-electron chi connectivity index (χ4n) is 2.04. The van der Waals surface area contributed by atoms with Crippen LogP contribution in [0.4, 0.5) is 11.4 Å². The fourth-order valence-corrected chi connectivity index (χ4v) is 3.42. The molecule has 1 fully saturated rings. The number of rotatable bonds is 3. The van der Waals surface area contributed by atoms with Crippen LogP contribution in [0.25, 0.3) is 0 Å². The van der Waals surface area contributed by atoms with Gasteiger partial charge < -0.3 is 4.90 Å². The van der Waals surface area contributed by atoms with E-state index in [-0.39, 0.29) is 28.4 Å². The molecule has 1 aliphatic rings. The molecule has 0 aromatic heterocycles. The molecule has 1 amide bonds. The van der Waals surface area contributed by atoms with Gasteiger partial charge in [0, 0.05) is 41.7 Å². The highest BCUT2D eigenvalue weighted by molar-refractivity contribution is 9.10. The number of nitro benzene ring substituents is 1. The number of anilines is 1. The minimum absolute atomic E-state index is 0.0391. The van der Waals surface area contributed by atoms with E-state index in [1.54, 1.807) is 6.07 Å². The summed E-state index contributed by atoms with van der Waals surface area (Å²) in [6.45, 7) is 1.84. The Labute approximate surface area is 127 Å². The summed E-state index contributed by atoms with van der Waals surface area (Å²) in [6, 6.07) is 4.28. The fraction of sp³-hybridized carbons (Fsp3) is 0.333. The van der Waals surface area contributed by atoms with Gasteiger partial charge in [-0.05, 0) is 22.0 Å². The molecule has 1 atom stereocenters. The van der Waals surface area contributed by atoms with E-state index in [4.69, 9.17) is 0 Å². The lowest BCUT2D eigenvalue weighted by atomic mass is 10.2. The lowest BCUT2D eigenvalue weighted by molar-refractivity contribution is -0.384. The molecule has 106 valence electrons. The Balaban J connectivity index is 2.27. The van der Waals surface area contributed by atoms with Gasteiger partial charge in [0.25, 0.3) is 5.69 Å². The number of non-ortho nitro benzene ring substituents is 1. The summed E-state index contributed by atoms with van der Waals surface area (Å²) in [5.41, 5.74) is 0.398. The van der Waals surface area contributed by atoms with Crippen LogP contribution in [0.2, 0.25) is 0 Å². The molecule has 0 bridgehead atoms. The number of benzene rings is 1. The SMILES string of the molecule is CC(=O)SC1CC(=O)N(c2cc([N+](=O)[O-])ccc2Br)C1. The number of hydrogen-bond acceptors (Lipinski definition) is 5. The van der Waals surface area contributed by atoms with Crippen LogP contribution in [0.1, 0.15) is 13.3 Å². The van der Waals surface area contributed by atoms with Crippen molar-refractivity contribution < 1.29 is 14.5 Å². The highest BCUT2D eigenvalue weighted by Gasteiger charge is 2.33. The van der Waals surface area contributed by atoms with Crippen LogP contribution in [0, 0.1) is 10.1 Å². The van der Waals surface area contributed by atoms with Gasteiger partial charge in [0.1, 0.15) is 0 Å². The highest BCUT2D eigenvalue weighted by atomic mass is 79.9. The van der Waals surface area contributed by atoms with Crippen LogP contribution in [-0.4, -0.2) is 27.7 Å². The van der Waals surface area contributed by atoms with Crippen LogP contribution in [-0.2, 0) is 9.59 Å². The average Bonchev–Trinajstić information content (AvgIpc) is 2.69. The van der Waals surface area contributed by atoms with Crippen molar-refractivity contribution in [3.63, 3.8) is 0 Å². The van der Waals surface area contributed by atoms with Gasteiger partial charge in [-0.25, -0.2) is 0 Å². The van der Waals surface area contributed by atoms with Gasteiger partial charge in [0.05, 0.1) is 10.6 Å². The maximum Gasteiger partial charge on any atom is 0.271 e. The number of carbonyl (C=O) groups is 2. The van der Waals surface area contributed by atoms with E-state index < -0.39 is 4.92 Å². The summed E-state index contributed by atoms with van der Waals surface area (Å²) in [5.74, 6) is -0.134. The molecule has 2 rings (SSSR count). The molecule has 6 nitrogen and oxygen atoms in total. The molecule has 1 heterocycles. The topological polar surface area (TPSA) is 80.5 Å². The number of thioether (sulfide) groups is 1. The normalized spacial score (nSPS) is 18.4. The van der Waals surface area contributed by atoms with E-state index in [2.05, 4.69) is 15.9 Å². The first-order valence-electron chi connectivity index (χ1n) is 5.80. The second-order valence-corrected chi connectivity index (χ2v) is 6.66. The summed E-state index contributed by atoms with van der Waals surface area (Å²) in [6.07, 6.45) is 0.263. The van der Waals surface area contributed by atoms with Crippen molar-refractivity contribution in [2.24, 2.45) is 0 Å². The minimum atomic E-state index is -0.502. The van der Waals surface area contributed by atoms with E-state index in [1.807, 2.05) is 0 Å². The molecule has 1 aromatic carbocycles. The maximum absolute atomic E-state index is 12.0. The number of nitrogens with zero attached hydrogens (tertiary/aromatic N) is 2. The molecule has 0 saturated carbocycles. The third-order valence-corrected chi connectivity index (χ3v) is 4.51. The first-order valence-corrected chi connectivity index (χ1v) is 7.47. The zero-order valence-electron chi connectivity index (χ0n) is 10.5. The summed E-state index contributed by atoms with van der Waals surface area (Å²) >= 11 is 4.43. The Hall–Kier alpha value is -1.41. The molecule has 1 aromatic rings. The first kappa shape index (κ1) is 15.0. The van der Waals surface area contributed by atoms with E-state index in [0.29, 0.717) is 16.7 Å². The standard InChI is InChI=1S/C12H11BrN2O4S/c1-7(16)20-9-5-12(17)14(6-9)11-4-8(15(18)19)2-3-10(11)13/h2-4,9H,5-6H2,1H3. The van der Waals surface area contributed by atoms with Crippen molar-refractivity contribution >= 4 is 50.1 Å². The zero-order valence-corrected chi connectivity index (χ0v) is 12.9. The first-order chi connectivity index (χ1) is 9.38. The van der Waals surface area contributed by atoms with Crippen molar-refractivity contribution in [3.8, 4) is 0 Å². The lowest BCUT2D eigenvalue weighted by Gasteiger charge is -2.17. The zero-order chi connectivity index (χ0) is 14.9. The molecule has 20 heavy (non-hydrogen) atoms. The average molecular weight is 359 g/mol. The molecular weight excluding hydrogens is 348 g/mol. The van der Waals surface area contributed by atoms with Gasteiger partial charge in [0.2, 0.25) is 5.91 Å². The van der Waals surface area contributed by atoms with Gasteiger partial charge in [-0.3, -0.25) is 19.7 Å². The number of carbonyl (C=O) groups excluding carboxylic acids is 2. The minimum Gasteiger partial charge on any atom is -0.310 e.